The molecule has 0 aliphatic carbocycles. The second kappa shape index (κ2) is 5.35. The van der Waals surface area contributed by atoms with Crippen LogP contribution in [0.4, 0.5) is 0 Å². The number of aryl methyl sites for hydroxylation is 1. The predicted molar refractivity (Wildman–Crippen MR) is 70.8 cm³/mol. The van der Waals surface area contributed by atoms with Gasteiger partial charge in [-0.2, -0.15) is 0 Å². The van der Waals surface area contributed by atoms with Crippen molar-refractivity contribution >= 4 is 5.78 Å². The molecule has 0 unspecified atom stereocenters. The Labute approximate surface area is 104 Å². The third kappa shape index (κ3) is 3.88. The smallest absolute Gasteiger partial charge is 0.163 e. The summed E-state index contributed by atoms with van der Waals surface area (Å²) < 4.78 is 5.26. The number of ketones is 1. The third-order valence-electron chi connectivity index (χ3n) is 2.67. The molecular weight excluding hydrogens is 212 g/mol. The fraction of sp³-hybridized carbons (Fsp3) is 0.533. The quantitative estimate of drug-likeness (QED) is 0.739. The highest BCUT2D eigenvalue weighted by Gasteiger charge is 2.18. The summed E-state index contributed by atoms with van der Waals surface area (Å²) in [5.41, 5.74) is 1.91. The summed E-state index contributed by atoms with van der Waals surface area (Å²) >= 11 is 0. The fourth-order valence-corrected chi connectivity index (χ4v) is 1.81. The number of ether oxygens (including phenoxy) is 1. The van der Waals surface area contributed by atoms with Crippen molar-refractivity contribution in [2.45, 2.75) is 40.5 Å². The lowest BCUT2D eigenvalue weighted by Gasteiger charge is -2.17. The van der Waals surface area contributed by atoms with Crippen LogP contribution in [0.2, 0.25) is 0 Å². The number of hydrogen-bond acceptors (Lipinski definition) is 2. The van der Waals surface area contributed by atoms with E-state index >= 15 is 0 Å². The van der Waals surface area contributed by atoms with Gasteiger partial charge >= 0.3 is 0 Å². The second-order valence-electron chi connectivity index (χ2n) is 5.54. The van der Waals surface area contributed by atoms with Crippen LogP contribution in [0.25, 0.3) is 0 Å². The van der Waals surface area contributed by atoms with Crippen molar-refractivity contribution in [2.24, 2.45) is 5.41 Å². The van der Waals surface area contributed by atoms with Gasteiger partial charge in [-0.25, -0.2) is 0 Å². The van der Waals surface area contributed by atoms with E-state index in [1.54, 1.807) is 7.11 Å². The molecule has 0 saturated carbocycles. The molecule has 94 valence electrons. The van der Waals surface area contributed by atoms with Crippen LogP contribution >= 0.6 is 0 Å². The lowest BCUT2D eigenvalue weighted by molar-refractivity contribution is 0.0940. The Morgan fingerprint density at radius 2 is 1.94 bits per heavy atom. The lowest BCUT2D eigenvalue weighted by Crippen LogP contribution is -2.13. The van der Waals surface area contributed by atoms with E-state index in [9.17, 15) is 4.79 Å². The average Bonchev–Trinajstić information content (AvgIpc) is 2.25. The summed E-state index contributed by atoms with van der Waals surface area (Å²) in [7, 11) is 1.66. The molecule has 1 rings (SSSR count). The zero-order valence-corrected chi connectivity index (χ0v) is 11.5. The molecule has 0 N–H and O–H groups in total. The van der Waals surface area contributed by atoms with Crippen molar-refractivity contribution < 1.29 is 9.53 Å². The molecule has 0 bridgehead atoms. The average molecular weight is 234 g/mol. The maximum absolute atomic E-state index is 12.1. The first kappa shape index (κ1) is 13.8. The molecule has 0 spiro atoms. The number of carbonyl (C=O) groups excluding carboxylic acids is 1. The Balaban J connectivity index is 2.96. The highest BCUT2D eigenvalue weighted by Crippen LogP contribution is 2.25. The van der Waals surface area contributed by atoms with E-state index in [-0.39, 0.29) is 11.2 Å². The molecule has 0 fully saturated rings. The van der Waals surface area contributed by atoms with Crippen LogP contribution in [-0.2, 0) is 6.42 Å². The zero-order valence-electron chi connectivity index (χ0n) is 11.5. The van der Waals surface area contributed by atoms with Crippen LogP contribution in [0.5, 0.6) is 5.75 Å². The number of rotatable bonds is 4. The van der Waals surface area contributed by atoms with Crippen LogP contribution in [-0.4, -0.2) is 12.9 Å². The van der Waals surface area contributed by atoms with Gasteiger partial charge in [-0.3, -0.25) is 4.79 Å². The van der Waals surface area contributed by atoms with Gasteiger partial charge in [0.25, 0.3) is 0 Å². The fourth-order valence-electron chi connectivity index (χ4n) is 1.81. The number of Topliss-reactive ketones (excluding diaryl/α,β-unsaturated/α-hetero) is 1. The lowest BCUT2D eigenvalue weighted by atomic mass is 9.87. The minimum Gasteiger partial charge on any atom is -0.496 e. The van der Waals surface area contributed by atoms with Gasteiger partial charge in [0, 0.05) is 12.0 Å². The molecule has 17 heavy (non-hydrogen) atoms. The molecule has 1 aromatic rings. The summed E-state index contributed by atoms with van der Waals surface area (Å²) in [6, 6.07) is 5.69. The zero-order chi connectivity index (χ0) is 13.1. The molecule has 0 radical (unpaired) electrons. The van der Waals surface area contributed by atoms with Crippen molar-refractivity contribution in [3.05, 3.63) is 29.3 Å². The van der Waals surface area contributed by atoms with Gasteiger partial charge in [0.15, 0.2) is 5.78 Å². The summed E-state index contributed by atoms with van der Waals surface area (Å²) in [5, 5.41) is 0. The standard InChI is InChI=1S/C15H22O2/c1-6-11-9-12(7-8-14(11)17-5)13(16)10-15(2,3)4/h7-9H,6,10H2,1-5H3. The monoisotopic (exact) mass is 234 g/mol. The molecule has 0 aliphatic rings. The van der Waals surface area contributed by atoms with E-state index < -0.39 is 0 Å². The Morgan fingerprint density at radius 3 is 2.41 bits per heavy atom. The van der Waals surface area contributed by atoms with Crippen molar-refractivity contribution in [1.29, 1.82) is 0 Å². The van der Waals surface area contributed by atoms with Gasteiger partial charge in [0.05, 0.1) is 7.11 Å². The van der Waals surface area contributed by atoms with Crippen LogP contribution in [0, 0.1) is 5.41 Å². The first-order valence-electron chi connectivity index (χ1n) is 6.07. The van der Waals surface area contributed by atoms with Crippen molar-refractivity contribution in [1.82, 2.24) is 0 Å². The van der Waals surface area contributed by atoms with Crippen LogP contribution in [0.3, 0.4) is 0 Å². The SMILES string of the molecule is CCc1cc(C(=O)CC(C)(C)C)ccc1OC. The molecular formula is C15H22O2. The number of benzene rings is 1. The summed E-state index contributed by atoms with van der Waals surface area (Å²) in [4.78, 5) is 12.1. The van der Waals surface area contributed by atoms with Gasteiger partial charge in [0.2, 0.25) is 0 Å². The van der Waals surface area contributed by atoms with Crippen molar-refractivity contribution in [3.8, 4) is 5.75 Å². The number of methoxy groups -OCH3 is 1. The van der Waals surface area contributed by atoms with Crippen LogP contribution in [0.1, 0.15) is 50.0 Å². The predicted octanol–water partition coefficient (Wildman–Crippen LogP) is 3.88. The minimum atomic E-state index is 0.0311. The van der Waals surface area contributed by atoms with Gasteiger partial charge in [-0.15, -0.1) is 0 Å². The first-order valence-corrected chi connectivity index (χ1v) is 6.07. The number of hydrogen-bond donors (Lipinski definition) is 0. The van der Waals surface area contributed by atoms with E-state index in [0.717, 1.165) is 23.3 Å². The van der Waals surface area contributed by atoms with Crippen LogP contribution in [0.15, 0.2) is 18.2 Å². The largest absolute Gasteiger partial charge is 0.496 e. The molecule has 0 aliphatic heterocycles. The molecule has 1 aromatic carbocycles. The Morgan fingerprint density at radius 1 is 1.29 bits per heavy atom. The van der Waals surface area contributed by atoms with E-state index in [2.05, 4.69) is 27.7 Å². The second-order valence-corrected chi connectivity index (χ2v) is 5.54. The third-order valence-corrected chi connectivity index (χ3v) is 2.67. The molecule has 2 nitrogen and oxygen atoms in total. The highest BCUT2D eigenvalue weighted by molar-refractivity contribution is 5.96. The maximum Gasteiger partial charge on any atom is 0.163 e. The molecule has 0 saturated heterocycles. The van der Waals surface area contributed by atoms with E-state index in [1.165, 1.54) is 0 Å². The topological polar surface area (TPSA) is 26.3 Å². The van der Waals surface area contributed by atoms with Crippen molar-refractivity contribution in [2.75, 3.05) is 7.11 Å². The van der Waals surface area contributed by atoms with Gasteiger partial charge in [0.1, 0.15) is 5.75 Å². The highest BCUT2D eigenvalue weighted by atomic mass is 16.5. The van der Waals surface area contributed by atoms with Crippen molar-refractivity contribution in [3.63, 3.8) is 0 Å². The summed E-state index contributed by atoms with van der Waals surface area (Å²) in [6.07, 6.45) is 1.45. The first-order chi connectivity index (χ1) is 7.87. The molecule has 0 aromatic heterocycles. The number of carbonyl (C=O) groups is 1. The Hall–Kier alpha value is -1.31. The van der Waals surface area contributed by atoms with E-state index in [1.807, 2.05) is 18.2 Å². The Bertz CT molecular complexity index is 400. The van der Waals surface area contributed by atoms with Crippen LogP contribution < -0.4 is 4.74 Å². The Kier molecular flexibility index (Phi) is 4.33. The van der Waals surface area contributed by atoms with Gasteiger partial charge < -0.3 is 4.74 Å². The maximum atomic E-state index is 12.1. The normalized spacial score (nSPS) is 11.4. The van der Waals surface area contributed by atoms with Gasteiger partial charge in [-0.1, -0.05) is 27.7 Å². The molecule has 0 amide bonds. The van der Waals surface area contributed by atoms with E-state index in [4.69, 9.17) is 4.74 Å². The summed E-state index contributed by atoms with van der Waals surface area (Å²) in [6.45, 7) is 8.30. The summed E-state index contributed by atoms with van der Waals surface area (Å²) in [5.74, 6) is 1.06. The molecule has 0 atom stereocenters. The molecule has 0 heterocycles. The van der Waals surface area contributed by atoms with Gasteiger partial charge in [-0.05, 0) is 35.6 Å². The molecule has 2 heteroatoms. The minimum absolute atomic E-state index is 0.0311. The van der Waals surface area contributed by atoms with E-state index in [0.29, 0.717) is 6.42 Å².